The summed E-state index contributed by atoms with van der Waals surface area (Å²) in [7, 11) is 0. The van der Waals surface area contributed by atoms with Crippen LogP contribution < -0.4 is 0 Å². The first-order valence-electron chi connectivity index (χ1n) is 4.57. The number of hydrogen-bond acceptors (Lipinski definition) is 2. The highest BCUT2D eigenvalue weighted by molar-refractivity contribution is 7.12. The summed E-state index contributed by atoms with van der Waals surface area (Å²) in [5.74, 6) is 0.621. The van der Waals surface area contributed by atoms with Crippen LogP contribution in [0.5, 0.6) is 0 Å². The molecule has 1 aromatic rings. The topological polar surface area (TPSA) is 12.9 Å². The molecule has 1 aliphatic carbocycles. The van der Waals surface area contributed by atoms with Crippen LogP contribution in [0.4, 0.5) is 0 Å². The van der Waals surface area contributed by atoms with Crippen LogP contribution in [0.1, 0.15) is 23.2 Å². The molecule has 0 fully saturated rings. The Morgan fingerprint density at radius 1 is 1.54 bits per heavy atom. The maximum Gasteiger partial charge on any atom is 0.119 e. The van der Waals surface area contributed by atoms with Crippen LogP contribution in [0.25, 0.3) is 5.57 Å². The molecular formula is C11H13NS. The number of aryl methyl sites for hydroxylation is 1. The van der Waals surface area contributed by atoms with Crippen molar-refractivity contribution in [2.75, 3.05) is 0 Å². The van der Waals surface area contributed by atoms with Gasteiger partial charge in [0.25, 0.3) is 0 Å². The second kappa shape index (κ2) is 3.46. The van der Waals surface area contributed by atoms with Crippen molar-refractivity contribution < 1.29 is 0 Å². The van der Waals surface area contributed by atoms with Gasteiger partial charge in [0, 0.05) is 11.1 Å². The largest absolute Gasteiger partial charge is 0.245 e. The second-order valence-electron chi connectivity index (χ2n) is 3.46. The SMILES string of the molecule is Cc1cnc(C2=CC=CCC2C)s1. The first kappa shape index (κ1) is 8.70. The average molecular weight is 191 g/mol. The molecule has 1 aliphatic rings. The van der Waals surface area contributed by atoms with Crippen molar-refractivity contribution in [1.29, 1.82) is 0 Å². The molecule has 2 rings (SSSR count). The molecule has 0 bridgehead atoms. The number of aromatic nitrogens is 1. The van der Waals surface area contributed by atoms with E-state index in [-0.39, 0.29) is 0 Å². The van der Waals surface area contributed by atoms with Crippen molar-refractivity contribution in [1.82, 2.24) is 4.98 Å². The normalized spacial score (nSPS) is 21.7. The first-order chi connectivity index (χ1) is 6.27. The summed E-state index contributed by atoms with van der Waals surface area (Å²) >= 11 is 1.78. The Morgan fingerprint density at radius 2 is 2.38 bits per heavy atom. The highest BCUT2D eigenvalue weighted by Crippen LogP contribution is 2.31. The van der Waals surface area contributed by atoms with Crippen LogP contribution in [0, 0.1) is 12.8 Å². The monoisotopic (exact) mass is 191 g/mol. The Hall–Kier alpha value is -0.890. The van der Waals surface area contributed by atoms with Gasteiger partial charge >= 0.3 is 0 Å². The van der Waals surface area contributed by atoms with E-state index in [2.05, 4.69) is 37.1 Å². The predicted molar refractivity (Wildman–Crippen MR) is 57.7 cm³/mol. The van der Waals surface area contributed by atoms with Crippen molar-refractivity contribution in [3.05, 3.63) is 34.3 Å². The molecule has 0 spiro atoms. The molecule has 1 unspecified atom stereocenters. The van der Waals surface area contributed by atoms with Crippen LogP contribution in [-0.4, -0.2) is 4.98 Å². The molecule has 0 radical (unpaired) electrons. The number of nitrogens with zero attached hydrogens (tertiary/aromatic N) is 1. The summed E-state index contributed by atoms with van der Waals surface area (Å²) in [5.41, 5.74) is 1.39. The van der Waals surface area contributed by atoms with Crippen molar-refractivity contribution in [2.24, 2.45) is 5.92 Å². The van der Waals surface area contributed by atoms with Crippen molar-refractivity contribution in [3.8, 4) is 0 Å². The van der Waals surface area contributed by atoms with Crippen molar-refractivity contribution in [2.45, 2.75) is 20.3 Å². The molecule has 0 saturated carbocycles. The van der Waals surface area contributed by atoms with Gasteiger partial charge in [0.05, 0.1) is 0 Å². The number of thiazole rings is 1. The third kappa shape index (κ3) is 1.73. The van der Waals surface area contributed by atoms with Crippen LogP contribution >= 0.6 is 11.3 Å². The van der Waals surface area contributed by atoms with Crippen molar-refractivity contribution in [3.63, 3.8) is 0 Å². The molecule has 1 heterocycles. The molecule has 0 aliphatic heterocycles. The molecule has 0 aromatic carbocycles. The number of allylic oxidation sites excluding steroid dienone is 4. The van der Waals surface area contributed by atoms with Crippen molar-refractivity contribution >= 4 is 16.9 Å². The third-order valence-electron chi connectivity index (χ3n) is 2.30. The van der Waals surface area contributed by atoms with E-state index in [1.54, 1.807) is 11.3 Å². The van der Waals surface area contributed by atoms with Crippen LogP contribution in [0.2, 0.25) is 0 Å². The fourth-order valence-corrected chi connectivity index (χ4v) is 2.42. The highest BCUT2D eigenvalue weighted by atomic mass is 32.1. The lowest BCUT2D eigenvalue weighted by atomic mass is 9.94. The minimum atomic E-state index is 0.621. The molecule has 13 heavy (non-hydrogen) atoms. The first-order valence-corrected chi connectivity index (χ1v) is 5.38. The van der Waals surface area contributed by atoms with Crippen LogP contribution in [0.3, 0.4) is 0 Å². The lowest BCUT2D eigenvalue weighted by Gasteiger charge is -2.14. The Labute approximate surface area is 82.8 Å². The van der Waals surface area contributed by atoms with Gasteiger partial charge in [-0.05, 0) is 24.8 Å². The Balaban J connectivity index is 2.34. The summed E-state index contributed by atoms with van der Waals surface area (Å²) in [6.07, 6.45) is 9.63. The molecule has 0 amide bonds. The Morgan fingerprint density at radius 3 is 3.00 bits per heavy atom. The maximum atomic E-state index is 4.41. The Bertz CT molecular complexity index is 360. The molecule has 1 atom stereocenters. The zero-order valence-corrected chi connectivity index (χ0v) is 8.77. The fraction of sp³-hybridized carbons (Fsp3) is 0.364. The maximum absolute atomic E-state index is 4.41. The Kier molecular flexibility index (Phi) is 2.32. The van der Waals surface area contributed by atoms with Gasteiger partial charge in [-0.1, -0.05) is 25.2 Å². The lowest BCUT2D eigenvalue weighted by Crippen LogP contribution is -1.99. The van der Waals surface area contributed by atoms with Gasteiger partial charge in [-0.3, -0.25) is 0 Å². The van der Waals surface area contributed by atoms with Crippen LogP contribution in [-0.2, 0) is 0 Å². The molecule has 68 valence electrons. The number of hydrogen-bond donors (Lipinski definition) is 0. The van der Waals surface area contributed by atoms with E-state index in [1.165, 1.54) is 15.5 Å². The summed E-state index contributed by atoms with van der Waals surface area (Å²) in [6, 6.07) is 0. The third-order valence-corrected chi connectivity index (χ3v) is 3.26. The lowest BCUT2D eigenvalue weighted by molar-refractivity contribution is 0.757. The van der Waals surface area contributed by atoms with Gasteiger partial charge in [-0.25, -0.2) is 4.98 Å². The van der Waals surface area contributed by atoms with E-state index in [4.69, 9.17) is 0 Å². The van der Waals surface area contributed by atoms with E-state index >= 15 is 0 Å². The van der Waals surface area contributed by atoms with Crippen LogP contribution in [0.15, 0.2) is 24.4 Å². The van der Waals surface area contributed by atoms with E-state index in [0.29, 0.717) is 5.92 Å². The average Bonchev–Trinajstić information content (AvgIpc) is 2.53. The fourth-order valence-electron chi connectivity index (χ4n) is 1.52. The zero-order chi connectivity index (χ0) is 9.26. The summed E-state index contributed by atoms with van der Waals surface area (Å²) in [6.45, 7) is 4.36. The molecule has 2 heteroatoms. The summed E-state index contributed by atoms with van der Waals surface area (Å²) in [4.78, 5) is 5.70. The smallest absolute Gasteiger partial charge is 0.119 e. The minimum Gasteiger partial charge on any atom is -0.245 e. The molecule has 1 nitrogen and oxygen atoms in total. The predicted octanol–water partition coefficient (Wildman–Crippen LogP) is 3.43. The van der Waals surface area contributed by atoms with Gasteiger partial charge in [0.2, 0.25) is 0 Å². The van der Waals surface area contributed by atoms with Gasteiger partial charge < -0.3 is 0 Å². The van der Waals surface area contributed by atoms with Gasteiger partial charge in [0.1, 0.15) is 5.01 Å². The summed E-state index contributed by atoms with van der Waals surface area (Å²) in [5, 5.41) is 1.19. The second-order valence-corrected chi connectivity index (χ2v) is 4.70. The molecule has 0 saturated heterocycles. The zero-order valence-electron chi connectivity index (χ0n) is 7.95. The van der Waals surface area contributed by atoms with E-state index < -0.39 is 0 Å². The van der Waals surface area contributed by atoms with E-state index in [9.17, 15) is 0 Å². The van der Waals surface area contributed by atoms with Gasteiger partial charge in [-0.2, -0.15) is 0 Å². The van der Waals surface area contributed by atoms with Gasteiger partial charge in [0.15, 0.2) is 0 Å². The highest BCUT2D eigenvalue weighted by Gasteiger charge is 2.14. The molecular weight excluding hydrogens is 178 g/mol. The molecule has 1 aromatic heterocycles. The quantitative estimate of drug-likeness (QED) is 0.662. The minimum absolute atomic E-state index is 0.621. The van der Waals surface area contributed by atoms with Gasteiger partial charge in [-0.15, -0.1) is 11.3 Å². The summed E-state index contributed by atoms with van der Waals surface area (Å²) < 4.78 is 0. The van der Waals surface area contributed by atoms with E-state index in [1.807, 2.05) is 6.20 Å². The molecule has 0 N–H and O–H groups in total. The number of rotatable bonds is 1. The standard InChI is InChI=1S/C11H13NS/c1-8-5-3-4-6-10(8)11-12-7-9(2)13-11/h3-4,6-8H,5H2,1-2H3. The van der Waals surface area contributed by atoms with E-state index in [0.717, 1.165) is 6.42 Å².